The molecule has 0 aromatic heterocycles. The molecule has 1 radical (unpaired) electrons. The number of hydrogen-bond acceptors (Lipinski definition) is 1. The summed E-state index contributed by atoms with van der Waals surface area (Å²) >= 11 is 0. The van der Waals surface area contributed by atoms with E-state index in [9.17, 15) is 0 Å². The van der Waals surface area contributed by atoms with Crippen LogP contribution >= 0.6 is 0 Å². The molecule has 4 heteroatoms. The summed E-state index contributed by atoms with van der Waals surface area (Å²) in [5.74, 6) is 0. The fourth-order valence-electron chi connectivity index (χ4n) is 0. The van der Waals surface area contributed by atoms with Crippen LogP contribution in [0.3, 0.4) is 0 Å². The zero-order valence-electron chi connectivity index (χ0n) is 1.83. The van der Waals surface area contributed by atoms with Crippen LogP contribution in [0, 0.1) is 0 Å². The molecule has 0 heterocycles. The molecule has 0 bridgehead atoms. The first-order valence-corrected chi connectivity index (χ1v) is 0. The van der Waals surface area contributed by atoms with E-state index in [4.69, 9.17) is 0 Å². The summed E-state index contributed by atoms with van der Waals surface area (Å²) in [6.45, 7) is 0. The van der Waals surface area contributed by atoms with E-state index in [1.165, 1.54) is 0 Å². The maximum absolute atomic E-state index is 0. The molecule has 3 N–H and O–H groups in total. The second kappa shape index (κ2) is 28.6. The Hall–Kier alpha value is 1.26. The van der Waals surface area contributed by atoms with Gasteiger partial charge in [0.25, 0.3) is 0 Å². The van der Waals surface area contributed by atoms with Crippen LogP contribution in [0.15, 0.2) is 0 Å². The van der Waals surface area contributed by atoms with Crippen molar-refractivity contribution in [3.8, 4) is 0 Å². The molecule has 0 aliphatic rings. The SMILES string of the molecule is O.[Cu+].[OH-].[SbH2]. The fourth-order valence-corrected chi connectivity index (χ4v) is 0. The van der Waals surface area contributed by atoms with Crippen molar-refractivity contribution in [2.45, 2.75) is 0 Å². The molecule has 0 rings (SSSR count). The summed E-state index contributed by atoms with van der Waals surface area (Å²) in [5.41, 5.74) is 0. The predicted molar refractivity (Wildman–Crippen MR) is 14.1 cm³/mol. The van der Waals surface area contributed by atoms with Crippen molar-refractivity contribution in [1.29, 1.82) is 0 Å². The molecule has 0 unspecified atom stereocenters. The van der Waals surface area contributed by atoms with E-state index < -0.39 is 0 Å². The number of hydrogen-bond donors (Lipinski definition) is 0. The third kappa shape index (κ3) is 10.5. The molecule has 0 amide bonds. The van der Waals surface area contributed by atoms with Gasteiger partial charge >= 0.3 is 41.5 Å². The summed E-state index contributed by atoms with van der Waals surface area (Å²) in [6.07, 6.45) is 0. The van der Waals surface area contributed by atoms with Crippen molar-refractivity contribution in [3.05, 3.63) is 0 Å². The van der Waals surface area contributed by atoms with Gasteiger partial charge in [-0.3, -0.25) is 0 Å². The molecule has 0 aromatic carbocycles. The Balaban J connectivity index is 0. The third-order valence-corrected chi connectivity index (χ3v) is 0. The standard InChI is InChI=1S/Cu.2H2O.Sb.2H/h;2*1H2;;;/q+1;;;;;/p-1. The van der Waals surface area contributed by atoms with E-state index in [-0.39, 0.29) is 52.4 Å². The van der Waals surface area contributed by atoms with E-state index in [0.717, 1.165) is 0 Å². The van der Waals surface area contributed by atoms with Crippen molar-refractivity contribution >= 4 is 24.4 Å². The molecular weight excluding hydrogens is 217 g/mol. The van der Waals surface area contributed by atoms with Gasteiger partial charge in [-0.05, 0) is 0 Å². The Morgan fingerprint density at radius 2 is 1.00 bits per heavy atom. The van der Waals surface area contributed by atoms with Gasteiger partial charge in [-0.15, -0.1) is 0 Å². The molecule has 33 valence electrons. The second-order valence-corrected chi connectivity index (χ2v) is 0. The third-order valence-electron chi connectivity index (χ3n) is 0. The number of rotatable bonds is 0. The van der Waals surface area contributed by atoms with Crippen LogP contribution < -0.4 is 0 Å². The Morgan fingerprint density at radius 1 is 1.00 bits per heavy atom. The Kier molecular flexibility index (Phi) is 430. The van der Waals surface area contributed by atoms with Crippen molar-refractivity contribution in [3.63, 3.8) is 0 Å². The van der Waals surface area contributed by atoms with Gasteiger partial charge in [0.15, 0.2) is 0 Å². The van der Waals surface area contributed by atoms with Gasteiger partial charge in [-0.1, -0.05) is 0 Å². The molecule has 0 spiro atoms. The van der Waals surface area contributed by atoms with Crippen molar-refractivity contribution in [2.75, 3.05) is 0 Å². The van der Waals surface area contributed by atoms with Gasteiger partial charge in [0.05, 0.1) is 0 Å². The maximum atomic E-state index is 0. The van der Waals surface area contributed by atoms with Crippen LogP contribution in [0.5, 0.6) is 0 Å². The average Bonchev–Trinajstić information content (AvgIpc) is 0. The van der Waals surface area contributed by atoms with Crippen LogP contribution in [-0.2, 0) is 17.1 Å². The average molecular weight is 222 g/mol. The van der Waals surface area contributed by atoms with E-state index in [0.29, 0.717) is 0 Å². The van der Waals surface area contributed by atoms with Crippen LogP contribution in [-0.4, -0.2) is 35.4 Å². The zero-order chi connectivity index (χ0) is 0. The molecular formula is H5CuO2Sb. The summed E-state index contributed by atoms with van der Waals surface area (Å²) < 4.78 is 0. The zero-order valence-corrected chi connectivity index (χ0v) is 6.06. The van der Waals surface area contributed by atoms with E-state index >= 15 is 0 Å². The molecule has 2 nitrogen and oxygen atoms in total. The fraction of sp³-hybridized carbons (Fsp3) is 0. The van der Waals surface area contributed by atoms with Crippen LogP contribution in [0.2, 0.25) is 0 Å². The van der Waals surface area contributed by atoms with Crippen molar-refractivity contribution in [1.82, 2.24) is 0 Å². The molecule has 0 saturated carbocycles. The van der Waals surface area contributed by atoms with Gasteiger partial charge in [0, 0.05) is 0 Å². The topological polar surface area (TPSA) is 61.5 Å². The Labute approximate surface area is 52.5 Å². The molecule has 0 fully saturated rings. The predicted octanol–water partition coefficient (Wildman–Crippen LogP) is -1.92. The van der Waals surface area contributed by atoms with E-state index in [1.54, 1.807) is 0 Å². The quantitative estimate of drug-likeness (QED) is 0.441. The molecule has 0 atom stereocenters. The molecule has 0 aliphatic heterocycles. The van der Waals surface area contributed by atoms with E-state index in [1.807, 2.05) is 0 Å². The first-order chi connectivity index (χ1) is 0. The minimum atomic E-state index is 0. The summed E-state index contributed by atoms with van der Waals surface area (Å²) in [5, 5.41) is 0. The van der Waals surface area contributed by atoms with Gasteiger partial charge < -0.3 is 11.0 Å². The monoisotopic (exact) mass is 221 g/mol. The molecule has 4 heavy (non-hydrogen) atoms. The molecule has 0 aliphatic carbocycles. The molecule has 0 aromatic rings. The Morgan fingerprint density at radius 3 is 1.00 bits per heavy atom. The van der Waals surface area contributed by atoms with Gasteiger partial charge in [0.1, 0.15) is 0 Å². The van der Waals surface area contributed by atoms with Crippen LogP contribution in [0.4, 0.5) is 0 Å². The van der Waals surface area contributed by atoms with Crippen molar-refractivity contribution < 1.29 is 28.0 Å². The normalized spacial score (nSPS) is 0. The van der Waals surface area contributed by atoms with Gasteiger partial charge in [0.2, 0.25) is 0 Å². The molecule has 0 saturated heterocycles. The first kappa shape index (κ1) is 60.3. The van der Waals surface area contributed by atoms with Gasteiger partial charge in [-0.25, -0.2) is 0 Å². The minimum absolute atomic E-state index is 0. The summed E-state index contributed by atoms with van der Waals surface area (Å²) in [6, 6.07) is 0. The summed E-state index contributed by atoms with van der Waals surface area (Å²) in [4.78, 5) is 0. The van der Waals surface area contributed by atoms with Crippen LogP contribution in [0.1, 0.15) is 0 Å². The first-order valence-electron chi connectivity index (χ1n) is 0. The second-order valence-electron chi connectivity index (χ2n) is 0. The summed E-state index contributed by atoms with van der Waals surface area (Å²) in [7, 11) is 0. The van der Waals surface area contributed by atoms with Crippen LogP contribution in [0.25, 0.3) is 0 Å². The Bertz CT molecular complexity index is 6.00. The van der Waals surface area contributed by atoms with Gasteiger partial charge in [-0.2, -0.15) is 0 Å². The van der Waals surface area contributed by atoms with E-state index in [2.05, 4.69) is 0 Å². The van der Waals surface area contributed by atoms with Crippen molar-refractivity contribution in [2.24, 2.45) is 0 Å².